The molecule has 0 aliphatic heterocycles. The number of ether oxygens (including phenoxy) is 3. The molecule has 0 amide bonds. The van der Waals surface area contributed by atoms with Gasteiger partial charge in [0.05, 0.1) is 6.54 Å². The first-order valence-corrected chi connectivity index (χ1v) is 18.8. The third-order valence-electron chi connectivity index (χ3n) is 8.02. The molecule has 0 aromatic heterocycles. The van der Waals surface area contributed by atoms with Gasteiger partial charge in [0.1, 0.15) is 19.3 Å². The molecule has 0 spiro atoms. The number of rotatable bonds is 33. The van der Waals surface area contributed by atoms with Crippen LogP contribution < -0.4 is 0 Å². The molecule has 268 valence electrons. The fraction of sp³-hybridized carbons (Fsp3) is 0.821. The summed E-state index contributed by atoms with van der Waals surface area (Å²) in [5.41, 5.74) is 0. The lowest BCUT2D eigenvalue weighted by Gasteiger charge is -2.19. The number of allylic oxidation sites excluding steroid dienone is 2. The van der Waals surface area contributed by atoms with Gasteiger partial charge in [-0.05, 0) is 78.3 Å². The van der Waals surface area contributed by atoms with Crippen molar-refractivity contribution >= 4 is 17.9 Å². The highest BCUT2D eigenvalue weighted by Gasteiger charge is 2.15. The first-order chi connectivity index (χ1) is 22.4. The Kier molecular flexibility index (Phi) is 32.6. The molecule has 7 heteroatoms. The Labute approximate surface area is 283 Å². The normalized spacial score (nSPS) is 11.7. The molecule has 0 aromatic rings. The summed E-state index contributed by atoms with van der Waals surface area (Å²) in [4.78, 5) is 38.0. The molecule has 0 aliphatic rings. The third kappa shape index (κ3) is 33.2. The van der Waals surface area contributed by atoms with E-state index in [0.29, 0.717) is 32.6 Å². The zero-order valence-corrected chi connectivity index (χ0v) is 30.4. The highest BCUT2D eigenvalue weighted by atomic mass is 16.5. The molecule has 0 saturated carbocycles. The molecule has 0 heterocycles. The Hall–Kier alpha value is -2.15. The van der Waals surface area contributed by atoms with Crippen LogP contribution in [0.5, 0.6) is 0 Å². The maximum absolute atomic E-state index is 12.3. The lowest BCUT2D eigenvalue weighted by atomic mass is 10.0. The Balaban J connectivity index is 4.00. The number of unbranched alkanes of at least 4 members (excludes halogenated alkanes) is 16. The molecule has 0 unspecified atom stereocenters. The van der Waals surface area contributed by atoms with Crippen molar-refractivity contribution in [2.75, 3.05) is 33.9 Å². The minimum Gasteiger partial charge on any atom is -0.461 e. The number of hydrogen-bond donors (Lipinski definition) is 0. The van der Waals surface area contributed by atoms with Crippen molar-refractivity contribution in [2.45, 2.75) is 174 Å². The van der Waals surface area contributed by atoms with Gasteiger partial charge >= 0.3 is 17.9 Å². The molecule has 0 radical (unpaired) electrons. The van der Waals surface area contributed by atoms with E-state index >= 15 is 0 Å². The van der Waals surface area contributed by atoms with E-state index in [1.165, 1.54) is 51.4 Å². The van der Waals surface area contributed by atoms with Gasteiger partial charge in [-0.15, -0.1) is 0 Å². The molecule has 0 bridgehead atoms. The molecule has 0 aromatic carbocycles. The van der Waals surface area contributed by atoms with Gasteiger partial charge in [0, 0.05) is 12.8 Å². The maximum atomic E-state index is 12.3. The van der Waals surface area contributed by atoms with Crippen LogP contribution in [0.15, 0.2) is 24.3 Å². The van der Waals surface area contributed by atoms with Gasteiger partial charge in [-0.2, -0.15) is 0 Å². The molecule has 0 saturated heterocycles. The van der Waals surface area contributed by atoms with Crippen LogP contribution in [0.4, 0.5) is 0 Å². The molecule has 0 fully saturated rings. The summed E-state index contributed by atoms with van der Waals surface area (Å²) in [6.07, 6.45) is 33.0. The van der Waals surface area contributed by atoms with Crippen molar-refractivity contribution in [3.05, 3.63) is 24.3 Å². The monoisotopic (exact) mass is 650 g/mol. The van der Waals surface area contributed by atoms with Crippen molar-refractivity contribution in [1.82, 2.24) is 4.90 Å². The number of esters is 3. The van der Waals surface area contributed by atoms with Gasteiger partial charge < -0.3 is 14.2 Å². The average molecular weight is 650 g/mol. The van der Waals surface area contributed by atoms with E-state index in [0.717, 1.165) is 89.9 Å². The highest BCUT2D eigenvalue weighted by Crippen LogP contribution is 2.17. The Morgan fingerprint density at radius 2 is 0.935 bits per heavy atom. The van der Waals surface area contributed by atoms with E-state index in [9.17, 15) is 14.4 Å². The second-order valence-electron chi connectivity index (χ2n) is 13.0. The Bertz CT molecular complexity index is 726. The van der Waals surface area contributed by atoms with Crippen LogP contribution in [-0.2, 0) is 28.6 Å². The van der Waals surface area contributed by atoms with Crippen LogP contribution >= 0.6 is 0 Å². The molecule has 0 rings (SSSR count). The number of carbonyl (C=O) groups is 3. The predicted octanol–water partition coefficient (Wildman–Crippen LogP) is 10.1. The summed E-state index contributed by atoms with van der Waals surface area (Å²) >= 11 is 0. The SMILES string of the molecule is CCCCCC/C=C\COC(=O)CCCCCCCC(CCCCCCCC(=O)OC/C=C\CCCCCC)OC(=O)CN(C)C. The van der Waals surface area contributed by atoms with Crippen molar-refractivity contribution in [2.24, 2.45) is 0 Å². The van der Waals surface area contributed by atoms with Crippen LogP contribution in [-0.4, -0.2) is 62.8 Å². The lowest BCUT2D eigenvalue weighted by Crippen LogP contribution is -2.27. The number of likely N-dealkylation sites (N-methyl/N-ethyl adjacent to an activating group) is 1. The lowest BCUT2D eigenvalue weighted by molar-refractivity contribution is -0.150. The van der Waals surface area contributed by atoms with E-state index in [-0.39, 0.29) is 24.0 Å². The van der Waals surface area contributed by atoms with Crippen molar-refractivity contribution in [3.63, 3.8) is 0 Å². The molecular formula is C39H71NO6. The quantitative estimate of drug-likeness (QED) is 0.0303. The molecule has 0 aliphatic carbocycles. The second-order valence-corrected chi connectivity index (χ2v) is 13.0. The van der Waals surface area contributed by atoms with Crippen LogP contribution in [0.25, 0.3) is 0 Å². The summed E-state index contributed by atoms with van der Waals surface area (Å²) in [7, 11) is 3.75. The van der Waals surface area contributed by atoms with Crippen molar-refractivity contribution < 1.29 is 28.6 Å². The average Bonchev–Trinajstić information content (AvgIpc) is 3.02. The second kappa shape index (κ2) is 34.2. The van der Waals surface area contributed by atoms with Crippen LogP contribution in [0.3, 0.4) is 0 Å². The topological polar surface area (TPSA) is 82.1 Å². The van der Waals surface area contributed by atoms with E-state index in [2.05, 4.69) is 26.0 Å². The predicted molar refractivity (Wildman–Crippen MR) is 191 cm³/mol. The zero-order chi connectivity index (χ0) is 33.9. The fourth-order valence-electron chi connectivity index (χ4n) is 5.26. The molecule has 7 nitrogen and oxygen atoms in total. The number of nitrogens with zero attached hydrogens (tertiary/aromatic N) is 1. The van der Waals surface area contributed by atoms with E-state index in [1.807, 2.05) is 31.1 Å². The van der Waals surface area contributed by atoms with Crippen LogP contribution in [0, 0.1) is 0 Å². The zero-order valence-electron chi connectivity index (χ0n) is 30.4. The third-order valence-corrected chi connectivity index (χ3v) is 8.02. The largest absolute Gasteiger partial charge is 0.461 e. The van der Waals surface area contributed by atoms with Gasteiger partial charge in [-0.1, -0.05) is 115 Å². The van der Waals surface area contributed by atoms with Crippen LogP contribution in [0.1, 0.15) is 168 Å². The highest BCUT2D eigenvalue weighted by molar-refractivity contribution is 5.71. The standard InChI is InChI=1S/C39H71NO6/c1-5-7-9-11-13-21-27-33-44-37(41)31-25-19-15-17-23-29-36(46-39(43)35-40(3)4)30-24-18-16-20-26-32-38(42)45-34-28-22-14-12-10-8-6-2/h21-22,27-28,36H,5-20,23-26,29-35H2,1-4H3/b27-21-,28-22-. The van der Waals surface area contributed by atoms with Gasteiger partial charge in [0.25, 0.3) is 0 Å². The fourth-order valence-corrected chi connectivity index (χ4v) is 5.26. The first kappa shape index (κ1) is 43.9. The Morgan fingerprint density at radius 1 is 0.522 bits per heavy atom. The molecule has 0 atom stereocenters. The number of carbonyl (C=O) groups excluding carboxylic acids is 3. The van der Waals surface area contributed by atoms with E-state index in [4.69, 9.17) is 14.2 Å². The van der Waals surface area contributed by atoms with E-state index in [1.54, 1.807) is 0 Å². The van der Waals surface area contributed by atoms with Crippen molar-refractivity contribution in [1.29, 1.82) is 0 Å². The summed E-state index contributed by atoms with van der Waals surface area (Å²) < 4.78 is 16.4. The minimum atomic E-state index is -0.162. The van der Waals surface area contributed by atoms with Gasteiger partial charge in [-0.25, -0.2) is 0 Å². The molecule has 0 N–H and O–H groups in total. The van der Waals surface area contributed by atoms with Gasteiger partial charge in [0.2, 0.25) is 0 Å². The summed E-state index contributed by atoms with van der Waals surface area (Å²) in [6, 6.07) is 0. The Morgan fingerprint density at radius 3 is 1.37 bits per heavy atom. The van der Waals surface area contributed by atoms with Gasteiger partial charge in [-0.3, -0.25) is 19.3 Å². The summed E-state index contributed by atoms with van der Waals surface area (Å²) in [5, 5.41) is 0. The van der Waals surface area contributed by atoms with Gasteiger partial charge in [0.15, 0.2) is 0 Å². The molecular weight excluding hydrogens is 578 g/mol. The van der Waals surface area contributed by atoms with Crippen LogP contribution in [0.2, 0.25) is 0 Å². The summed E-state index contributed by atoms with van der Waals surface area (Å²) in [5.74, 6) is -0.385. The van der Waals surface area contributed by atoms with E-state index < -0.39 is 0 Å². The number of hydrogen-bond acceptors (Lipinski definition) is 7. The molecule has 46 heavy (non-hydrogen) atoms. The minimum absolute atomic E-state index is 0.0446. The first-order valence-electron chi connectivity index (χ1n) is 18.8. The smallest absolute Gasteiger partial charge is 0.320 e. The summed E-state index contributed by atoms with van der Waals surface area (Å²) in [6.45, 7) is 5.49. The van der Waals surface area contributed by atoms with Crippen molar-refractivity contribution in [3.8, 4) is 0 Å². The maximum Gasteiger partial charge on any atom is 0.320 e.